The van der Waals surface area contributed by atoms with E-state index in [9.17, 15) is 27.9 Å². The zero-order chi connectivity index (χ0) is 29.9. The van der Waals surface area contributed by atoms with Crippen LogP contribution in [0.3, 0.4) is 0 Å². The second kappa shape index (κ2) is 11.9. The Bertz CT molecular complexity index is 1630. The highest BCUT2D eigenvalue weighted by Crippen LogP contribution is 2.34. The van der Waals surface area contributed by atoms with Crippen LogP contribution in [0.4, 0.5) is 5.69 Å². The first-order valence-corrected chi connectivity index (χ1v) is 14.4. The Morgan fingerprint density at radius 3 is 2.46 bits per heavy atom. The zero-order valence-corrected chi connectivity index (χ0v) is 23.2. The lowest BCUT2D eigenvalue weighted by Gasteiger charge is -2.35. The molecule has 0 saturated carbocycles. The first kappa shape index (κ1) is 29.5. The molecule has 0 bridgehead atoms. The predicted octanol–water partition coefficient (Wildman–Crippen LogP) is 1.47. The van der Waals surface area contributed by atoms with Crippen molar-refractivity contribution in [2.75, 3.05) is 24.5 Å². The predicted molar refractivity (Wildman–Crippen MR) is 154 cm³/mol. The number of piperidine rings is 1. The van der Waals surface area contributed by atoms with Crippen LogP contribution in [0, 0.1) is 12.3 Å². The van der Waals surface area contributed by atoms with Gasteiger partial charge in [0.2, 0.25) is 15.9 Å². The fourth-order valence-electron chi connectivity index (χ4n) is 5.24. The van der Waals surface area contributed by atoms with Crippen molar-refractivity contribution in [2.24, 2.45) is 11.5 Å². The number of rotatable bonds is 8. The molecule has 4 rings (SSSR count). The van der Waals surface area contributed by atoms with Crippen molar-refractivity contribution in [1.29, 1.82) is 5.41 Å². The fourth-order valence-corrected chi connectivity index (χ4v) is 6.31. The van der Waals surface area contributed by atoms with E-state index in [-0.39, 0.29) is 22.5 Å². The Labute approximate surface area is 237 Å². The zero-order valence-electron chi connectivity index (χ0n) is 22.4. The molecule has 7 N–H and O–H groups in total. The van der Waals surface area contributed by atoms with E-state index < -0.39 is 40.4 Å². The Morgan fingerprint density at radius 2 is 1.80 bits per heavy atom. The van der Waals surface area contributed by atoms with Crippen molar-refractivity contribution in [1.82, 2.24) is 9.62 Å². The molecule has 1 heterocycles. The summed E-state index contributed by atoms with van der Waals surface area (Å²) in [6, 6.07) is 15.0. The summed E-state index contributed by atoms with van der Waals surface area (Å²) in [6.45, 7) is 2.12. The Morgan fingerprint density at radius 1 is 1.10 bits per heavy atom. The average molecular weight is 581 g/mol. The third-order valence-electron chi connectivity index (χ3n) is 7.35. The first-order valence-electron chi connectivity index (χ1n) is 12.9. The molecule has 216 valence electrons. The molecule has 1 aliphatic heterocycles. The number of hydrogen-bond acceptors (Lipinski definition) is 6. The van der Waals surface area contributed by atoms with Gasteiger partial charge in [-0.15, -0.1) is 0 Å². The molecule has 1 saturated heterocycles. The van der Waals surface area contributed by atoms with Gasteiger partial charge in [-0.25, -0.2) is 17.9 Å². The number of nitrogens with two attached hydrogens (primary N) is 2. The van der Waals surface area contributed by atoms with E-state index in [1.807, 2.05) is 18.2 Å². The van der Waals surface area contributed by atoms with Gasteiger partial charge in [-0.3, -0.25) is 19.9 Å². The van der Waals surface area contributed by atoms with Crippen LogP contribution in [0.15, 0.2) is 65.6 Å². The molecule has 2 amide bonds. The summed E-state index contributed by atoms with van der Waals surface area (Å²) in [5.74, 6) is -4.50. The van der Waals surface area contributed by atoms with Crippen LogP contribution in [-0.2, 0) is 24.4 Å². The van der Waals surface area contributed by atoms with E-state index >= 15 is 0 Å². The molecule has 1 fully saturated rings. The highest BCUT2D eigenvalue weighted by atomic mass is 32.2. The van der Waals surface area contributed by atoms with E-state index in [4.69, 9.17) is 16.9 Å². The molecular weight excluding hydrogens is 548 g/mol. The monoisotopic (exact) mass is 580 g/mol. The lowest BCUT2D eigenvalue weighted by Crippen LogP contribution is -2.55. The van der Waals surface area contributed by atoms with Crippen LogP contribution in [0.5, 0.6) is 0 Å². The minimum Gasteiger partial charge on any atom is -0.474 e. The number of nitrogens with zero attached hydrogens (tertiary/aromatic N) is 2. The number of hydrogen-bond donors (Lipinski definition) is 5. The van der Waals surface area contributed by atoms with Gasteiger partial charge in [-0.1, -0.05) is 42.5 Å². The average Bonchev–Trinajstić information content (AvgIpc) is 2.95. The number of likely N-dealkylation sites (tertiary alicyclic amines) is 1. The topological polar surface area (TPSA) is 200 Å². The smallest absolute Gasteiger partial charge is 0.394 e. The number of carboxylic acids is 1. The van der Waals surface area contributed by atoms with Gasteiger partial charge in [-0.05, 0) is 59.9 Å². The number of carbonyl (C=O) groups excluding carboxylic acids is 2. The van der Waals surface area contributed by atoms with Crippen molar-refractivity contribution in [3.8, 4) is 0 Å². The van der Waals surface area contributed by atoms with Gasteiger partial charge >= 0.3 is 11.9 Å². The van der Waals surface area contributed by atoms with Crippen LogP contribution >= 0.6 is 0 Å². The number of aliphatic carboxylic acids is 1. The van der Waals surface area contributed by atoms with Gasteiger partial charge in [-0.2, -0.15) is 0 Å². The van der Waals surface area contributed by atoms with Crippen molar-refractivity contribution in [2.45, 2.75) is 36.6 Å². The number of carbonyl (C=O) groups is 3. The van der Waals surface area contributed by atoms with Crippen LogP contribution in [0.1, 0.15) is 29.9 Å². The highest BCUT2D eigenvalue weighted by molar-refractivity contribution is 7.89. The van der Waals surface area contributed by atoms with Crippen molar-refractivity contribution in [3.05, 3.63) is 71.8 Å². The minimum atomic E-state index is -4.17. The number of benzene rings is 3. The maximum Gasteiger partial charge on any atom is 0.394 e. The van der Waals surface area contributed by atoms with Crippen molar-refractivity contribution >= 4 is 50.2 Å². The molecule has 0 aromatic heterocycles. The Hall–Kier alpha value is -4.49. The third-order valence-corrected chi connectivity index (χ3v) is 8.77. The fraction of sp³-hybridized carbons (Fsp3) is 0.286. The normalized spacial score (nSPS) is 16.2. The summed E-state index contributed by atoms with van der Waals surface area (Å²) in [5.41, 5.74) is 12.8. The summed E-state index contributed by atoms with van der Waals surface area (Å²) >= 11 is 0. The van der Waals surface area contributed by atoms with Crippen LogP contribution in [0.2, 0.25) is 0 Å². The lowest BCUT2D eigenvalue weighted by molar-refractivity contribution is -0.149. The summed E-state index contributed by atoms with van der Waals surface area (Å²) in [6.07, 6.45) is 1.54. The maximum atomic E-state index is 13.2. The van der Waals surface area contributed by atoms with E-state index in [0.29, 0.717) is 24.0 Å². The summed E-state index contributed by atoms with van der Waals surface area (Å²) in [5, 5.41) is 18.9. The second-order valence-corrected chi connectivity index (χ2v) is 11.7. The number of primary amides is 1. The second-order valence-electron chi connectivity index (χ2n) is 9.92. The quantitative estimate of drug-likeness (QED) is 0.150. The van der Waals surface area contributed by atoms with Gasteiger partial charge in [0.25, 0.3) is 0 Å². The lowest BCUT2D eigenvalue weighted by atomic mass is 9.87. The first-order chi connectivity index (χ1) is 19.4. The van der Waals surface area contributed by atoms with Gasteiger partial charge in [0.15, 0.2) is 5.96 Å². The van der Waals surface area contributed by atoms with Gasteiger partial charge in [0, 0.05) is 31.2 Å². The van der Waals surface area contributed by atoms with E-state index in [1.54, 1.807) is 36.1 Å². The largest absolute Gasteiger partial charge is 0.474 e. The molecule has 41 heavy (non-hydrogen) atoms. The minimum absolute atomic E-state index is 0.0568. The summed E-state index contributed by atoms with van der Waals surface area (Å²) in [7, 11) is -4.17. The van der Waals surface area contributed by atoms with Crippen LogP contribution < -0.4 is 21.1 Å². The molecule has 12 nitrogen and oxygen atoms in total. The molecule has 0 aliphatic carbocycles. The number of guanidine groups is 1. The molecular formula is C28H32N6O6S. The number of fused-ring (bicyclic) bond motifs is 1. The Kier molecular flexibility index (Phi) is 8.59. The molecule has 1 aliphatic rings. The molecule has 2 atom stereocenters. The van der Waals surface area contributed by atoms with Crippen molar-refractivity contribution in [3.63, 3.8) is 0 Å². The highest BCUT2D eigenvalue weighted by Gasteiger charge is 2.36. The van der Waals surface area contributed by atoms with E-state index in [0.717, 1.165) is 28.7 Å². The maximum absolute atomic E-state index is 13.2. The SMILES string of the molecule is Cc1c([C@@H]2CCCN(C(=N)N)C2)cccc1N(C(=O)C(=O)O)C(CNS(=O)(=O)c1ccc2ccccc2c1)C(N)=O. The van der Waals surface area contributed by atoms with Gasteiger partial charge in [0.05, 0.1) is 4.90 Å². The van der Waals surface area contributed by atoms with E-state index in [2.05, 4.69) is 4.72 Å². The molecule has 1 unspecified atom stereocenters. The molecule has 0 spiro atoms. The summed E-state index contributed by atoms with van der Waals surface area (Å²) < 4.78 is 28.6. The number of carboxylic acid groups (broad SMARTS) is 1. The molecule has 0 radical (unpaired) electrons. The van der Waals surface area contributed by atoms with Crippen molar-refractivity contribution < 1.29 is 27.9 Å². The number of sulfonamides is 1. The standard InChI is InChI=1S/C28H32N6O6S/c1-17-22(20-8-5-13-33(16-20)28(30)31)9-4-10-23(17)34(26(36)27(37)38)24(25(29)35)15-32-41(39,40)21-12-11-18-6-2-3-7-19(18)14-21/h2-4,6-7,9-12,14,20,24,32H,5,8,13,15-16H2,1H3,(H2,29,35)(H3,30,31)(H,37,38)/t20-,24?/m1/s1. The Balaban J connectivity index is 1.68. The van der Waals surface area contributed by atoms with Gasteiger partial charge in [0.1, 0.15) is 6.04 Å². The number of nitrogens with one attached hydrogen (secondary N) is 2. The van der Waals surface area contributed by atoms with Gasteiger partial charge < -0.3 is 21.5 Å². The summed E-state index contributed by atoms with van der Waals surface area (Å²) in [4.78, 5) is 39.9. The molecule has 3 aromatic carbocycles. The number of amides is 2. The van der Waals surface area contributed by atoms with Crippen LogP contribution in [0.25, 0.3) is 10.8 Å². The van der Waals surface area contributed by atoms with Crippen LogP contribution in [-0.4, -0.2) is 67.8 Å². The number of anilines is 1. The molecule has 3 aromatic rings. The molecule has 13 heteroatoms. The van der Waals surface area contributed by atoms with E-state index in [1.165, 1.54) is 18.2 Å². The third kappa shape index (κ3) is 6.31.